The van der Waals surface area contributed by atoms with Crippen molar-refractivity contribution in [3.63, 3.8) is 0 Å². The normalized spacial score (nSPS) is 15.0. The van der Waals surface area contributed by atoms with Crippen LogP contribution in [0.1, 0.15) is 12.0 Å². The third-order valence-corrected chi connectivity index (χ3v) is 5.72. The van der Waals surface area contributed by atoms with E-state index >= 15 is 0 Å². The maximum absolute atomic E-state index is 13.0. The van der Waals surface area contributed by atoms with Gasteiger partial charge >= 0.3 is 0 Å². The fourth-order valence-electron chi connectivity index (χ4n) is 2.99. The Bertz CT molecular complexity index is 1050. The van der Waals surface area contributed by atoms with E-state index in [1.807, 2.05) is 10.6 Å². The molecule has 128 valence electrons. The van der Waals surface area contributed by atoms with Gasteiger partial charge in [-0.15, -0.1) is 0 Å². The van der Waals surface area contributed by atoms with Crippen molar-refractivity contribution >= 4 is 28.1 Å². The topological polar surface area (TPSA) is 79.0 Å². The lowest BCUT2D eigenvalue weighted by Gasteiger charge is -2.31. The molecule has 0 radical (unpaired) electrons. The van der Waals surface area contributed by atoms with Gasteiger partial charge in [-0.3, -0.25) is 9.69 Å². The van der Waals surface area contributed by atoms with Gasteiger partial charge in [-0.25, -0.2) is 9.19 Å². The molecule has 0 fully saturated rings. The second kappa shape index (κ2) is 6.58. The highest BCUT2D eigenvalue weighted by atomic mass is 32.2. The molecule has 0 saturated heterocycles. The highest BCUT2D eigenvalue weighted by Gasteiger charge is 2.31. The standard InChI is InChI=1S/C19H14N4O2S/c20-12-14-5-6-18-16(11-14)23(15-3-1-2-4-17(15)26(18)25)19(24)7-9-22-10-8-21-13-22/h1-6,8,10-11,13H,7,9H2. The summed E-state index contributed by atoms with van der Waals surface area (Å²) in [6.07, 6.45) is 5.38. The maximum atomic E-state index is 13.0. The Balaban J connectivity index is 1.78. The number of benzene rings is 2. The first-order chi connectivity index (χ1) is 12.7. The second-order valence-electron chi connectivity index (χ2n) is 5.81. The molecule has 3 aromatic rings. The maximum Gasteiger partial charge on any atom is 0.233 e. The Kier molecular flexibility index (Phi) is 4.11. The van der Waals surface area contributed by atoms with Gasteiger partial charge < -0.3 is 4.57 Å². The average Bonchev–Trinajstić information content (AvgIpc) is 3.20. The third-order valence-electron chi connectivity index (χ3n) is 4.23. The average molecular weight is 362 g/mol. The van der Waals surface area contributed by atoms with E-state index in [0.29, 0.717) is 33.3 Å². The number of nitrogens with zero attached hydrogens (tertiary/aromatic N) is 4. The van der Waals surface area contributed by atoms with Crippen molar-refractivity contribution in [2.24, 2.45) is 0 Å². The number of amides is 1. The van der Waals surface area contributed by atoms with Crippen LogP contribution in [-0.4, -0.2) is 19.7 Å². The largest absolute Gasteiger partial charge is 0.337 e. The molecular formula is C19H14N4O2S. The van der Waals surface area contributed by atoms with Gasteiger partial charge in [-0.2, -0.15) is 5.26 Å². The molecule has 0 bridgehead atoms. The molecule has 6 nitrogen and oxygen atoms in total. The SMILES string of the molecule is N#Cc1ccc2c(c1)N(C(=O)CCn1ccnc1)c1ccccc1S2=O. The van der Waals surface area contributed by atoms with E-state index in [1.54, 1.807) is 60.0 Å². The van der Waals surface area contributed by atoms with Crippen molar-refractivity contribution in [2.45, 2.75) is 22.8 Å². The van der Waals surface area contributed by atoms with E-state index in [2.05, 4.69) is 11.1 Å². The van der Waals surface area contributed by atoms with Crippen LogP contribution in [0.4, 0.5) is 11.4 Å². The number of anilines is 2. The van der Waals surface area contributed by atoms with Crippen LogP contribution in [-0.2, 0) is 22.1 Å². The van der Waals surface area contributed by atoms with Crippen molar-refractivity contribution in [3.05, 3.63) is 66.7 Å². The highest BCUT2D eigenvalue weighted by molar-refractivity contribution is 7.85. The fourth-order valence-corrected chi connectivity index (χ4v) is 4.31. The molecule has 1 amide bonds. The lowest BCUT2D eigenvalue weighted by Crippen LogP contribution is -2.31. The van der Waals surface area contributed by atoms with Crippen LogP contribution < -0.4 is 4.90 Å². The summed E-state index contributed by atoms with van der Waals surface area (Å²) >= 11 is 0. The number of hydrogen-bond donors (Lipinski definition) is 0. The molecule has 0 spiro atoms. The summed E-state index contributed by atoms with van der Waals surface area (Å²) in [6.45, 7) is 0.494. The number of aryl methyl sites for hydroxylation is 1. The lowest BCUT2D eigenvalue weighted by molar-refractivity contribution is -0.118. The summed E-state index contributed by atoms with van der Waals surface area (Å²) < 4.78 is 14.7. The van der Waals surface area contributed by atoms with E-state index in [4.69, 9.17) is 0 Å². The number of hydrogen-bond acceptors (Lipinski definition) is 4. The zero-order valence-corrected chi connectivity index (χ0v) is 14.5. The van der Waals surface area contributed by atoms with Crippen LogP contribution in [0.15, 0.2) is 71.0 Å². The van der Waals surface area contributed by atoms with E-state index in [1.165, 1.54) is 0 Å². The minimum Gasteiger partial charge on any atom is -0.337 e. The zero-order valence-electron chi connectivity index (χ0n) is 13.7. The Morgan fingerprint density at radius 3 is 2.73 bits per heavy atom. The Morgan fingerprint density at radius 2 is 1.96 bits per heavy atom. The molecule has 2 heterocycles. The van der Waals surface area contributed by atoms with E-state index in [-0.39, 0.29) is 12.3 Å². The number of imidazole rings is 1. The minimum atomic E-state index is -1.39. The Morgan fingerprint density at radius 1 is 1.15 bits per heavy atom. The van der Waals surface area contributed by atoms with Gasteiger partial charge in [0.1, 0.15) is 0 Å². The monoisotopic (exact) mass is 362 g/mol. The number of para-hydroxylation sites is 1. The predicted octanol–water partition coefficient (Wildman–Crippen LogP) is 2.99. The fraction of sp³-hybridized carbons (Fsp3) is 0.105. The van der Waals surface area contributed by atoms with Gasteiger partial charge in [0.25, 0.3) is 0 Å². The van der Waals surface area contributed by atoms with Gasteiger partial charge in [-0.05, 0) is 30.3 Å². The first-order valence-electron chi connectivity index (χ1n) is 8.02. The Hall–Kier alpha value is -3.24. The number of carbonyl (C=O) groups excluding carboxylic acids is 1. The van der Waals surface area contributed by atoms with E-state index in [9.17, 15) is 14.3 Å². The molecule has 1 aliphatic rings. The zero-order chi connectivity index (χ0) is 18.1. The highest BCUT2D eigenvalue weighted by Crippen LogP contribution is 2.42. The van der Waals surface area contributed by atoms with E-state index in [0.717, 1.165) is 0 Å². The number of nitriles is 1. The minimum absolute atomic E-state index is 0.126. The first-order valence-corrected chi connectivity index (χ1v) is 9.17. The summed E-state index contributed by atoms with van der Waals surface area (Å²) in [6, 6.07) is 14.2. The number of aromatic nitrogens is 2. The third kappa shape index (κ3) is 2.70. The summed E-state index contributed by atoms with van der Waals surface area (Å²) in [7, 11) is -1.39. The van der Waals surface area contributed by atoms with Crippen molar-refractivity contribution in [1.29, 1.82) is 5.26 Å². The molecule has 26 heavy (non-hydrogen) atoms. The van der Waals surface area contributed by atoms with Crippen molar-refractivity contribution in [3.8, 4) is 6.07 Å². The van der Waals surface area contributed by atoms with Crippen LogP contribution >= 0.6 is 0 Å². The second-order valence-corrected chi connectivity index (χ2v) is 7.23. The lowest BCUT2D eigenvalue weighted by atomic mass is 10.1. The molecule has 1 aliphatic heterocycles. The van der Waals surface area contributed by atoms with Crippen LogP contribution in [0.5, 0.6) is 0 Å². The Labute approximate surface area is 152 Å². The summed E-state index contributed by atoms with van der Waals surface area (Å²) in [4.78, 5) is 19.7. The summed E-state index contributed by atoms with van der Waals surface area (Å²) in [5, 5.41) is 9.21. The molecule has 1 unspecified atom stereocenters. The van der Waals surface area contributed by atoms with Crippen LogP contribution in [0.2, 0.25) is 0 Å². The predicted molar refractivity (Wildman–Crippen MR) is 96.3 cm³/mol. The molecular weight excluding hydrogens is 348 g/mol. The van der Waals surface area contributed by atoms with Gasteiger partial charge in [-0.1, -0.05) is 12.1 Å². The molecule has 4 rings (SSSR count). The quantitative estimate of drug-likeness (QED) is 0.717. The molecule has 1 atom stereocenters. The van der Waals surface area contributed by atoms with Crippen LogP contribution in [0, 0.1) is 11.3 Å². The van der Waals surface area contributed by atoms with Gasteiger partial charge in [0.05, 0.1) is 49.9 Å². The number of rotatable bonds is 3. The first kappa shape index (κ1) is 16.2. The van der Waals surface area contributed by atoms with Gasteiger partial charge in [0, 0.05) is 25.4 Å². The van der Waals surface area contributed by atoms with Crippen LogP contribution in [0.25, 0.3) is 0 Å². The molecule has 0 aliphatic carbocycles. The summed E-state index contributed by atoms with van der Waals surface area (Å²) in [5.74, 6) is -0.126. The summed E-state index contributed by atoms with van der Waals surface area (Å²) in [5.41, 5.74) is 1.54. The van der Waals surface area contributed by atoms with Crippen molar-refractivity contribution < 1.29 is 9.00 Å². The molecule has 0 N–H and O–H groups in total. The molecule has 1 aromatic heterocycles. The smallest absolute Gasteiger partial charge is 0.233 e. The van der Waals surface area contributed by atoms with Crippen LogP contribution in [0.3, 0.4) is 0 Å². The van der Waals surface area contributed by atoms with Crippen molar-refractivity contribution in [1.82, 2.24) is 9.55 Å². The van der Waals surface area contributed by atoms with Gasteiger partial charge in [0.15, 0.2) is 0 Å². The van der Waals surface area contributed by atoms with Crippen molar-refractivity contribution in [2.75, 3.05) is 4.90 Å². The van der Waals surface area contributed by atoms with Gasteiger partial charge in [0.2, 0.25) is 5.91 Å². The number of carbonyl (C=O) groups is 1. The van der Waals surface area contributed by atoms with E-state index < -0.39 is 10.8 Å². The molecule has 2 aromatic carbocycles. The number of fused-ring (bicyclic) bond motifs is 2. The molecule has 7 heteroatoms. The molecule has 0 saturated carbocycles.